The molecule has 0 saturated carbocycles. The van der Waals surface area contributed by atoms with Crippen LogP contribution in [0.3, 0.4) is 0 Å². The van der Waals surface area contributed by atoms with E-state index in [9.17, 15) is 9.18 Å². The summed E-state index contributed by atoms with van der Waals surface area (Å²) in [4.78, 5) is 21.1. The topological polar surface area (TPSA) is 87.3 Å². The van der Waals surface area contributed by atoms with E-state index < -0.39 is 5.91 Å². The van der Waals surface area contributed by atoms with Gasteiger partial charge in [-0.05, 0) is 35.9 Å². The van der Waals surface area contributed by atoms with Crippen molar-refractivity contribution >= 4 is 27.5 Å². The van der Waals surface area contributed by atoms with Gasteiger partial charge in [0.05, 0.1) is 23.5 Å². The minimum absolute atomic E-state index is 0.154. The summed E-state index contributed by atoms with van der Waals surface area (Å²) in [5.41, 5.74) is 7.77. The van der Waals surface area contributed by atoms with E-state index in [-0.39, 0.29) is 11.5 Å². The number of rotatable bonds is 6. The first-order chi connectivity index (χ1) is 14.0. The molecule has 8 heteroatoms. The first kappa shape index (κ1) is 18.8. The van der Waals surface area contributed by atoms with Crippen LogP contribution in [0.5, 0.6) is 11.6 Å². The maximum absolute atomic E-state index is 13.3. The number of hydrogen-bond acceptors (Lipinski definition) is 6. The van der Waals surface area contributed by atoms with E-state index >= 15 is 0 Å². The van der Waals surface area contributed by atoms with E-state index in [1.54, 1.807) is 43.6 Å². The zero-order chi connectivity index (χ0) is 20.4. The van der Waals surface area contributed by atoms with Crippen molar-refractivity contribution in [2.24, 2.45) is 5.73 Å². The van der Waals surface area contributed by atoms with Crippen molar-refractivity contribution in [2.45, 2.75) is 6.61 Å². The van der Waals surface area contributed by atoms with Crippen LogP contribution in [-0.2, 0) is 6.61 Å². The first-order valence-electron chi connectivity index (χ1n) is 8.65. The summed E-state index contributed by atoms with van der Waals surface area (Å²) in [6.07, 6.45) is 1.58. The molecule has 0 unspecified atom stereocenters. The van der Waals surface area contributed by atoms with E-state index in [0.717, 1.165) is 20.7 Å². The zero-order valence-electron chi connectivity index (χ0n) is 15.4. The van der Waals surface area contributed by atoms with Gasteiger partial charge in [-0.2, -0.15) is 0 Å². The second-order valence-corrected chi connectivity index (χ2v) is 7.31. The van der Waals surface area contributed by atoms with Crippen molar-refractivity contribution in [1.29, 1.82) is 0 Å². The number of methoxy groups -OCH3 is 1. The maximum atomic E-state index is 13.3. The number of primary amides is 1. The molecule has 4 aromatic rings. The number of pyridine rings is 2. The summed E-state index contributed by atoms with van der Waals surface area (Å²) in [6.45, 7) is 0.309. The van der Waals surface area contributed by atoms with E-state index in [1.807, 2.05) is 6.07 Å². The molecular formula is C21H16FN3O3S. The lowest BCUT2D eigenvalue weighted by Gasteiger charge is -2.05. The highest BCUT2D eigenvalue weighted by Crippen LogP contribution is 2.35. The third kappa shape index (κ3) is 4.02. The van der Waals surface area contributed by atoms with Crippen molar-refractivity contribution in [1.82, 2.24) is 9.97 Å². The number of thiophene rings is 1. The normalized spacial score (nSPS) is 10.8. The Balaban J connectivity index is 1.68. The Morgan fingerprint density at radius 3 is 2.62 bits per heavy atom. The average molecular weight is 409 g/mol. The molecule has 3 aromatic heterocycles. The number of amides is 1. The van der Waals surface area contributed by atoms with E-state index in [4.69, 9.17) is 15.2 Å². The molecule has 0 saturated heterocycles. The molecule has 29 heavy (non-hydrogen) atoms. The molecule has 0 radical (unpaired) electrons. The molecule has 0 aliphatic carbocycles. The van der Waals surface area contributed by atoms with Crippen LogP contribution in [-0.4, -0.2) is 23.0 Å². The monoisotopic (exact) mass is 409 g/mol. The summed E-state index contributed by atoms with van der Waals surface area (Å²) < 4.78 is 25.0. The number of ether oxygens (including phenoxy) is 2. The summed E-state index contributed by atoms with van der Waals surface area (Å²) in [5, 5.41) is 0. The predicted molar refractivity (Wildman–Crippen MR) is 109 cm³/mol. The SMILES string of the molecule is COc1ccc(OCc2cc3nc(C(N)=O)cc(-c4ccc(F)cc4)c3s2)cn1. The fourth-order valence-electron chi connectivity index (χ4n) is 2.84. The van der Waals surface area contributed by atoms with Gasteiger partial charge in [0.1, 0.15) is 23.9 Å². The van der Waals surface area contributed by atoms with Crippen LogP contribution in [0.2, 0.25) is 0 Å². The highest BCUT2D eigenvalue weighted by atomic mass is 32.1. The van der Waals surface area contributed by atoms with Crippen molar-refractivity contribution in [2.75, 3.05) is 7.11 Å². The molecule has 1 aromatic carbocycles. The fraction of sp³-hybridized carbons (Fsp3) is 0.0952. The summed E-state index contributed by atoms with van der Waals surface area (Å²) >= 11 is 1.49. The largest absolute Gasteiger partial charge is 0.486 e. The Kier molecular flexibility index (Phi) is 5.09. The van der Waals surface area contributed by atoms with Crippen LogP contribution in [0.15, 0.2) is 54.7 Å². The van der Waals surface area contributed by atoms with Crippen LogP contribution in [0.4, 0.5) is 4.39 Å². The molecule has 3 heterocycles. The third-order valence-corrected chi connectivity index (χ3v) is 5.37. The number of nitrogens with two attached hydrogens (primary N) is 1. The minimum Gasteiger partial charge on any atom is -0.486 e. The standard InChI is InChI=1S/C21H16FN3O3S/c1-27-19-7-6-14(10-24-19)28-11-15-8-17-20(29-15)16(9-18(25-17)21(23)26)12-2-4-13(22)5-3-12/h2-10H,11H2,1H3,(H2,23,26). The first-order valence-corrected chi connectivity index (χ1v) is 9.47. The summed E-state index contributed by atoms with van der Waals surface area (Å²) in [6, 6.07) is 13.0. The smallest absolute Gasteiger partial charge is 0.267 e. The highest BCUT2D eigenvalue weighted by molar-refractivity contribution is 7.19. The number of nitrogens with zero attached hydrogens (tertiary/aromatic N) is 2. The number of carbonyl (C=O) groups is 1. The van der Waals surface area contributed by atoms with Crippen LogP contribution < -0.4 is 15.2 Å². The van der Waals surface area contributed by atoms with E-state index in [2.05, 4.69) is 9.97 Å². The van der Waals surface area contributed by atoms with Gasteiger partial charge in [-0.1, -0.05) is 12.1 Å². The Morgan fingerprint density at radius 1 is 1.17 bits per heavy atom. The molecular weight excluding hydrogens is 393 g/mol. The zero-order valence-corrected chi connectivity index (χ0v) is 16.2. The van der Waals surface area contributed by atoms with Gasteiger partial charge >= 0.3 is 0 Å². The van der Waals surface area contributed by atoms with E-state index in [1.165, 1.54) is 23.5 Å². The van der Waals surface area contributed by atoms with Gasteiger partial charge in [-0.15, -0.1) is 11.3 Å². The Labute approximate surface area is 169 Å². The van der Waals surface area contributed by atoms with Gasteiger partial charge in [0, 0.05) is 16.5 Å². The molecule has 0 fully saturated rings. The number of halogens is 1. The fourth-order valence-corrected chi connectivity index (χ4v) is 3.89. The molecule has 0 atom stereocenters. The van der Waals surface area contributed by atoms with Gasteiger partial charge in [0.15, 0.2) is 0 Å². The molecule has 2 N–H and O–H groups in total. The number of hydrogen-bond donors (Lipinski definition) is 1. The lowest BCUT2D eigenvalue weighted by molar-refractivity contribution is 0.0996. The Hall–Kier alpha value is -3.52. The third-order valence-electron chi connectivity index (χ3n) is 4.24. The van der Waals surface area contributed by atoms with Gasteiger partial charge in [-0.3, -0.25) is 4.79 Å². The molecule has 0 bridgehead atoms. The molecule has 4 rings (SSSR count). The quantitative estimate of drug-likeness (QED) is 0.516. The van der Waals surface area contributed by atoms with Crippen molar-refractivity contribution in [3.63, 3.8) is 0 Å². The lowest BCUT2D eigenvalue weighted by atomic mass is 10.0. The minimum atomic E-state index is -0.622. The van der Waals surface area contributed by atoms with Crippen LogP contribution >= 0.6 is 11.3 Å². The molecule has 146 valence electrons. The van der Waals surface area contributed by atoms with Crippen molar-refractivity contribution in [3.8, 4) is 22.8 Å². The van der Waals surface area contributed by atoms with E-state index in [0.29, 0.717) is 23.8 Å². The maximum Gasteiger partial charge on any atom is 0.267 e. The van der Waals surface area contributed by atoms with Gasteiger partial charge in [-0.25, -0.2) is 14.4 Å². The number of fused-ring (bicyclic) bond motifs is 1. The van der Waals surface area contributed by atoms with Gasteiger partial charge < -0.3 is 15.2 Å². The molecule has 0 aliphatic heterocycles. The number of carbonyl (C=O) groups excluding carboxylic acids is 1. The molecule has 1 amide bonds. The highest BCUT2D eigenvalue weighted by Gasteiger charge is 2.15. The van der Waals surface area contributed by atoms with Gasteiger partial charge in [0.25, 0.3) is 5.91 Å². The molecule has 0 aliphatic rings. The summed E-state index contributed by atoms with van der Waals surface area (Å²) in [5.74, 6) is 0.158. The second kappa shape index (κ2) is 7.84. The Morgan fingerprint density at radius 2 is 1.97 bits per heavy atom. The predicted octanol–water partition coefficient (Wildman–Crippen LogP) is 4.18. The number of benzene rings is 1. The molecule has 0 spiro atoms. The van der Waals surface area contributed by atoms with Crippen LogP contribution in [0.1, 0.15) is 15.4 Å². The van der Waals surface area contributed by atoms with Crippen molar-refractivity contribution < 1.29 is 18.7 Å². The lowest BCUT2D eigenvalue weighted by Crippen LogP contribution is -2.13. The number of aromatic nitrogens is 2. The average Bonchev–Trinajstić information content (AvgIpc) is 3.15. The van der Waals surface area contributed by atoms with Crippen LogP contribution in [0.25, 0.3) is 21.3 Å². The van der Waals surface area contributed by atoms with Crippen molar-refractivity contribution in [3.05, 3.63) is 71.1 Å². The van der Waals surface area contributed by atoms with Gasteiger partial charge in [0.2, 0.25) is 5.88 Å². The second-order valence-electron chi connectivity index (χ2n) is 6.18. The summed E-state index contributed by atoms with van der Waals surface area (Å²) in [7, 11) is 1.55. The molecule has 6 nitrogen and oxygen atoms in total. The van der Waals surface area contributed by atoms with Crippen LogP contribution in [0, 0.1) is 5.82 Å². The Bertz CT molecular complexity index is 1170.